The summed E-state index contributed by atoms with van der Waals surface area (Å²) in [6.45, 7) is 1.53. The summed E-state index contributed by atoms with van der Waals surface area (Å²) in [5.41, 5.74) is 0.960. The number of esters is 1. The zero-order valence-electron chi connectivity index (χ0n) is 12.7. The summed E-state index contributed by atoms with van der Waals surface area (Å²) < 4.78 is 11.2. The Morgan fingerprint density at radius 3 is 2.43 bits per heavy atom. The maximum atomic E-state index is 12.2. The Hall–Kier alpha value is -2.09. The van der Waals surface area contributed by atoms with Crippen molar-refractivity contribution >= 4 is 40.2 Å². The lowest BCUT2D eigenvalue weighted by molar-refractivity contribution is -0.123. The summed E-state index contributed by atoms with van der Waals surface area (Å²) in [4.78, 5) is 24.3. The van der Waals surface area contributed by atoms with Crippen LogP contribution in [0.5, 0.6) is 5.75 Å². The molecule has 1 N–H and O–H groups in total. The van der Waals surface area contributed by atoms with Crippen molar-refractivity contribution in [3.05, 3.63) is 57.7 Å². The van der Waals surface area contributed by atoms with Gasteiger partial charge in [0.1, 0.15) is 5.75 Å². The highest BCUT2D eigenvalue weighted by Crippen LogP contribution is 2.23. The molecule has 6 heteroatoms. The maximum Gasteiger partial charge on any atom is 0.339 e. The molecule has 0 aliphatic heterocycles. The van der Waals surface area contributed by atoms with Crippen molar-refractivity contribution in [1.29, 1.82) is 0 Å². The van der Waals surface area contributed by atoms with Crippen LogP contribution in [-0.4, -0.2) is 25.1 Å². The van der Waals surface area contributed by atoms with Crippen LogP contribution in [0.4, 0.5) is 5.69 Å². The SMILES string of the molecule is COc1ccccc1NC(=O)C(C)OC(=O)c1ccccc1I. The Morgan fingerprint density at radius 2 is 1.74 bits per heavy atom. The van der Waals surface area contributed by atoms with Gasteiger partial charge in [-0.05, 0) is 53.8 Å². The fourth-order valence-electron chi connectivity index (χ4n) is 1.89. The molecule has 0 bridgehead atoms. The van der Waals surface area contributed by atoms with Gasteiger partial charge in [-0.15, -0.1) is 0 Å². The van der Waals surface area contributed by atoms with Gasteiger partial charge in [0.25, 0.3) is 5.91 Å². The summed E-state index contributed by atoms with van der Waals surface area (Å²) in [5.74, 6) is -0.413. The second kappa shape index (κ2) is 7.96. The van der Waals surface area contributed by atoms with E-state index in [9.17, 15) is 9.59 Å². The highest BCUT2D eigenvalue weighted by molar-refractivity contribution is 14.1. The molecule has 0 aliphatic rings. The molecular weight excluding hydrogens is 409 g/mol. The highest BCUT2D eigenvalue weighted by atomic mass is 127. The smallest absolute Gasteiger partial charge is 0.339 e. The molecule has 2 aromatic carbocycles. The van der Waals surface area contributed by atoms with Gasteiger partial charge in [0.05, 0.1) is 18.4 Å². The van der Waals surface area contributed by atoms with E-state index in [1.165, 1.54) is 14.0 Å². The average molecular weight is 425 g/mol. The van der Waals surface area contributed by atoms with Crippen molar-refractivity contribution in [2.75, 3.05) is 12.4 Å². The molecule has 2 aromatic rings. The van der Waals surface area contributed by atoms with Crippen molar-refractivity contribution in [3.8, 4) is 5.75 Å². The number of amides is 1. The summed E-state index contributed by atoms with van der Waals surface area (Å²) in [5, 5.41) is 2.69. The van der Waals surface area contributed by atoms with Crippen LogP contribution >= 0.6 is 22.6 Å². The molecule has 1 atom stereocenters. The largest absolute Gasteiger partial charge is 0.495 e. The third-order valence-electron chi connectivity index (χ3n) is 3.11. The predicted octanol–water partition coefficient (Wildman–Crippen LogP) is 3.48. The predicted molar refractivity (Wildman–Crippen MR) is 95.7 cm³/mol. The first-order valence-electron chi connectivity index (χ1n) is 6.92. The second-order valence-corrected chi connectivity index (χ2v) is 5.88. The Bertz CT molecular complexity index is 717. The Kier molecular flexibility index (Phi) is 5.97. The molecule has 2 rings (SSSR count). The van der Waals surface area contributed by atoms with E-state index >= 15 is 0 Å². The summed E-state index contributed by atoms with van der Waals surface area (Å²) >= 11 is 2.05. The van der Waals surface area contributed by atoms with Gasteiger partial charge in [-0.25, -0.2) is 4.79 Å². The van der Waals surface area contributed by atoms with Gasteiger partial charge in [0.15, 0.2) is 6.10 Å². The molecule has 0 fully saturated rings. The van der Waals surface area contributed by atoms with Gasteiger partial charge in [-0.1, -0.05) is 24.3 Å². The van der Waals surface area contributed by atoms with E-state index in [1.54, 1.807) is 42.5 Å². The number of hydrogen-bond donors (Lipinski definition) is 1. The van der Waals surface area contributed by atoms with Crippen molar-refractivity contribution in [2.45, 2.75) is 13.0 Å². The highest BCUT2D eigenvalue weighted by Gasteiger charge is 2.21. The molecule has 0 saturated carbocycles. The van der Waals surface area contributed by atoms with E-state index in [4.69, 9.17) is 9.47 Å². The molecule has 23 heavy (non-hydrogen) atoms. The van der Waals surface area contributed by atoms with Crippen LogP contribution in [0.1, 0.15) is 17.3 Å². The molecule has 0 saturated heterocycles. The Labute approximate surface area is 148 Å². The van der Waals surface area contributed by atoms with Crippen LogP contribution in [0.2, 0.25) is 0 Å². The minimum absolute atomic E-state index is 0.422. The lowest BCUT2D eigenvalue weighted by Crippen LogP contribution is -2.30. The minimum Gasteiger partial charge on any atom is -0.495 e. The van der Waals surface area contributed by atoms with E-state index < -0.39 is 18.0 Å². The molecule has 0 spiro atoms. The first-order valence-corrected chi connectivity index (χ1v) is 8.00. The van der Waals surface area contributed by atoms with Gasteiger partial charge >= 0.3 is 5.97 Å². The first kappa shape index (κ1) is 17.3. The van der Waals surface area contributed by atoms with Crippen molar-refractivity contribution in [2.24, 2.45) is 0 Å². The van der Waals surface area contributed by atoms with E-state index in [1.807, 2.05) is 28.7 Å². The topological polar surface area (TPSA) is 64.6 Å². The first-order chi connectivity index (χ1) is 11.0. The number of anilines is 1. The lowest BCUT2D eigenvalue weighted by atomic mass is 10.2. The van der Waals surface area contributed by atoms with Gasteiger partial charge in [-0.2, -0.15) is 0 Å². The number of benzene rings is 2. The van der Waals surface area contributed by atoms with Gasteiger partial charge in [-0.3, -0.25) is 4.79 Å². The molecular formula is C17H16INO4. The van der Waals surface area contributed by atoms with Crippen molar-refractivity contribution < 1.29 is 19.1 Å². The average Bonchev–Trinajstić information content (AvgIpc) is 2.55. The van der Waals surface area contributed by atoms with E-state index in [0.29, 0.717) is 17.0 Å². The van der Waals surface area contributed by atoms with Crippen LogP contribution in [0.3, 0.4) is 0 Å². The zero-order valence-corrected chi connectivity index (χ0v) is 14.9. The maximum absolute atomic E-state index is 12.2. The van der Waals surface area contributed by atoms with E-state index in [-0.39, 0.29) is 0 Å². The molecule has 0 aromatic heterocycles. The normalized spacial score (nSPS) is 11.4. The minimum atomic E-state index is -0.927. The summed E-state index contributed by atoms with van der Waals surface area (Å²) in [6.07, 6.45) is -0.927. The quantitative estimate of drug-likeness (QED) is 0.589. The van der Waals surface area contributed by atoms with Crippen LogP contribution in [0.15, 0.2) is 48.5 Å². The van der Waals surface area contributed by atoms with Gasteiger partial charge in [0.2, 0.25) is 0 Å². The fraction of sp³-hybridized carbons (Fsp3) is 0.176. The number of halogens is 1. The van der Waals surface area contributed by atoms with Crippen LogP contribution < -0.4 is 10.1 Å². The lowest BCUT2D eigenvalue weighted by Gasteiger charge is -2.15. The van der Waals surface area contributed by atoms with Crippen LogP contribution in [-0.2, 0) is 9.53 Å². The van der Waals surface area contributed by atoms with E-state index in [0.717, 1.165) is 3.57 Å². The number of carbonyl (C=O) groups excluding carboxylic acids is 2. The molecule has 0 aliphatic carbocycles. The third kappa shape index (κ3) is 4.44. The van der Waals surface area contributed by atoms with Crippen LogP contribution in [0.25, 0.3) is 0 Å². The monoisotopic (exact) mass is 425 g/mol. The standard InChI is InChI=1S/C17H16INO4/c1-11(23-17(21)12-7-3-4-8-13(12)18)16(20)19-14-9-5-6-10-15(14)22-2/h3-11H,1-2H3,(H,19,20). The number of ether oxygens (including phenoxy) is 2. The fourth-order valence-corrected chi connectivity index (χ4v) is 2.49. The molecule has 1 amide bonds. The molecule has 120 valence electrons. The molecule has 1 unspecified atom stereocenters. The molecule has 0 heterocycles. The number of carbonyl (C=O) groups is 2. The Balaban J connectivity index is 2.03. The van der Waals surface area contributed by atoms with Gasteiger partial charge < -0.3 is 14.8 Å². The molecule has 5 nitrogen and oxygen atoms in total. The number of rotatable bonds is 5. The molecule has 0 radical (unpaired) electrons. The van der Waals surface area contributed by atoms with Crippen molar-refractivity contribution in [1.82, 2.24) is 0 Å². The third-order valence-corrected chi connectivity index (χ3v) is 4.05. The van der Waals surface area contributed by atoms with Crippen molar-refractivity contribution in [3.63, 3.8) is 0 Å². The zero-order chi connectivity index (χ0) is 16.8. The summed E-state index contributed by atoms with van der Waals surface area (Å²) in [6, 6.07) is 14.1. The number of methoxy groups -OCH3 is 1. The number of para-hydroxylation sites is 2. The van der Waals surface area contributed by atoms with E-state index in [2.05, 4.69) is 5.32 Å². The van der Waals surface area contributed by atoms with Crippen LogP contribution in [0, 0.1) is 3.57 Å². The summed E-state index contributed by atoms with van der Waals surface area (Å²) in [7, 11) is 1.52. The second-order valence-electron chi connectivity index (χ2n) is 4.72. The number of nitrogens with one attached hydrogen (secondary N) is 1. The number of hydrogen-bond acceptors (Lipinski definition) is 4. The Morgan fingerprint density at radius 1 is 1.09 bits per heavy atom. The van der Waals surface area contributed by atoms with Gasteiger partial charge in [0, 0.05) is 3.57 Å².